The molecule has 0 aliphatic carbocycles. The van der Waals surface area contributed by atoms with E-state index in [4.69, 9.17) is 28.7 Å². The van der Waals surface area contributed by atoms with Crippen LogP contribution in [0.25, 0.3) is 0 Å². The number of carbonyl (C=O) groups excluding carboxylic acids is 4. The van der Waals surface area contributed by atoms with Crippen molar-refractivity contribution in [2.24, 2.45) is 28.7 Å². The number of rotatable bonds is 8. The van der Waals surface area contributed by atoms with Crippen molar-refractivity contribution in [1.29, 1.82) is 0 Å². The second kappa shape index (κ2) is 19.0. The Balaban J connectivity index is 1.38. The van der Waals surface area contributed by atoms with Crippen molar-refractivity contribution in [3.05, 3.63) is 46.4 Å². The number of ether oxygens (including phenoxy) is 5. The van der Waals surface area contributed by atoms with Crippen LogP contribution in [0.15, 0.2) is 41.7 Å². The Morgan fingerprint density at radius 3 is 2.56 bits per heavy atom. The van der Waals surface area contributed by atoms with Gasteiger partial charge in [-0.1, -0.05) is 39.5 Å². The summed E-state index contributed by atoms with van der Waals surface area (Å²) in [5.41, 5.74) is -1.12. The number of aromatic nitrogens is 1. The highest BCUT2D eigenvalue weighted by atomic mass is 32.1. The Hall–Kier alpha value is -4.24. The smallest absolute Gasteiger partial charge is 0.410 e. The van der Waals surface area contributed by atoms with Gasteiger partial charge in [0.1, 0.15) is 24.7 Å². The lowest BCUT2D eigenvalue weighted by molar-refractivity contribution is -0.296. The third-order valence-corrected chi connectivity index (χ3v) is 13.8. The zero-order valence-electron chi connectivity index (χ0n) is 36.9. The molecule has 2 bridgehead atoms. The van der Waals surface area contributed by atoms with Gasteiger partial charge in [-0.2, -0.15) is 0 Å². The average molecular weight is 864 g/mol. The Labute approximate surface area is 362 Å². The molecule has 61 heavy (non-hydrogen) atoms. The van der Waals surface area contributed by atoms with Gasteiger partial charge in [0.2, 0.25) is 0 Å². The molecule has 13 atom stereocenters. The molecule has 3 saturated heterocycles. The molecule has 2 amide bonds. The zero-order chi connectivity index (χ0) is 44.4. The quantitative estimate of drug-likeness (QED) is 0.202. The molecule has 16 heteroatoms. The standard InChI is InChI=1S/C45H61N5O10S/c1-11-34-45(8)38-27(4)35(47-19-20-50(38)43(55)60-45)25(2)23-44(7,56-21-13-15-31-16-17-33(61-31)40(53)48-30-14-12-18-46-24-30)39(28(5)36(51)29(6)41(54)58-34)59-42-37(52)32(49(9)10)22-26(3)57-42/h12,14,16-18,24-29,32,34,37-39,42,52H,11,19-23H2,1-10H3,(H,48,53)/t25-,26-,27-,28+,29-,32+,34+,37-,38-,39-,42+,44+,45-/m1/s1. The number of fused-ring (bicyclic) bond motifs is 1. The number of thiophene rings is 1. The number of aliphatic imine (C=N–C) groups is 1. The number of hydrogen-bond acceptors (Lipinski definition) is 14. The number of Topliss-reactive ketones (excluding diaryl/α,β-unsaturated/α-hetero) is 1. The number of aliphatic hydroxyl groups excluding tert-OH is 1. The van der Waals surface area contributed by atoms with Crippen LogP contribution >= 0.6 is 11.3 Å². The van der Waals surface area contributed by atoms with Crippen LogP contribution in [-0.4, -0.2) is 137 Å². The van der Waals surface area contributed by atoms with Gasteiger partial charge in [-0.05, 0) is 91.2 Å². The SMILES string of the molecule is CC[C@@H]1OC(=O)[C@H](C)C(=O)[C@H](C)[C@@H](O[C@@H]2O[C@H](C)C[C@H](N(C)C)[C@H]2O)[C@@](C)(OCC#Cc2ccc(C(=O)Nc3cccnc3)s2)C[C@@H](C)C2=NCCN3C(=O)O[C@@]1(C)[C@H]3[C@@H]2C. The summed E-state index contributed by atoms with van der Waals surface area (Å²) in [4.78, 5) is 68.9. The number of carbonyl (C=O) groups is 4. The van der Waals surface area contributed by atoms with Crippen molar-refractivity contribution in [1.82, 2.24) is 14.8 Å². The van der Waals surface area contributed by atoms with Crippen molar-refractivity contribution >= 4 is 46.5 Å². The fourth-order valence-corrected chi connectivity index (χ4v) is 10.5. The van der Waals surface area contributed by atoms with Gasteiger partial charge in [0.05, 0.1) is 52.0 Å². The number of aliphatic hydroxyl groups is 1. The zero-order valence-corrected chi connectivity index (χ0v) is 37.7. The molecule has 4 aliphatic heterocycles. The Kier molecular flexibility index (Phi) is 14.4. The first-order valence-corrected chi connectivity index (χ1v) is 22.1. The van der Waals surface area contributed by atoms with Crippen LogP contribution in [0.3, 0.4) is 0 Å². The second-order valence-corrected chi connectivity index (χ2v) is 18.6. The van der Waals surface area contributed by atoms with E-state index in [9.17, 15) is 24.3 Å². The van der Waals surface area contributed by atoms with E-state index in [1.165, 1.54) is 18.3 Å². The number of pyridine rings is 1. The average Bonchev–Trinajstić information content (AvgIpc) is 3.74. The molecule has 332 valence electrons. The maximum atomic E-state index is 14.6. The van der Waals surface area contributed by atoms with E-state index in [0.29, 0.717) is 41.4 Å². The number of hydrogen-bond donors (Lipinski definition) is 2. The summed E-state index contributed by atoms with van der Waals surface area (Å²) < 4.78 is 32.2. The van der Waals surface area contributed by atoms with Gasteiger partial charge in [0.15, 0.2) is 17.7 Å². The Bertz CT molecular complexity index is 2020. The first-order valence-electron chi connectivity index (χ1n) is 21.3. The number of nitrogens with one attached hydrogen (secondary N) is 1. The molecule has 15 nitrogen and oxygen atoms in total. The van der Waals surface area contributed by atoms with E-state index >= 15 is 0 Å². The van der Waals surface area contributed by atoms with Crippen LogP contribution in [0.4, 0.5) is 10.5 Å². The molecule has 2 aromatic rings. The highest BCUT2D eigenvalue weighted by molar-refractivity contribution is 7.14. The maximum absolute atomic E-state index is 14.6. The summed E-state index contributed by atoms with van der Waals surface area (Å²) in [7, 11) is 3.77. The molecule has 0 saturated carbocycles. The fourth-order valence-electron chi connectivity index (χ4n) is 9.73. The monoisotopic (exact) mass is 863 g/mol. The van der Waals surface area contributed by atoms with Crippen LogP contribution < -0.4 is 5.32 Å². The number of likely N-dealkylation sites (N-methyl/N-ethyl adjacent to an activating group) is 1. The minimum atomic E-state index is -1.30. The second-order valence-electron chi connectivity index (χ2n) is 17.5. The Morgan fingerprint density at radius 2 is 1.87 bits per heavy atom. The highest BCUT2D eigenvalue weighted by Crippen LogP contribution is 2.44. The largest absolute Gasteiger partial charge is 0.458 e. The summed E-state index contributed by atoms with van der Waals surface area (Å²) in [6.45, 7) is 15.3. The molecular weight excluding hydrogens is 803 g/mol. The molecule has 0 aromatic carbocycles. The van der Waals surface area contributed by atoms with Gasteiger partial charge in [-0.3, -0.25) is 29.3 Å². The van der Waals surface area contributed by atoms with Crippen LogP contribution in [0.5, 0.6) is 0 Å². The molecule has 2 aromatic heterocycles. The fraction of sp³-hybridized carbons (Fsp3) is 0.644. The van der Waals surface area contributed by atoms with E-state index < -0.39 is 71.5 Å². The summed E-state index contributed by atoms with van der Waals surface area (Å²) in [5, 5.41) is 14.5. The number of ketones is 1. The molecule has 0 unspecified atom stereocenters. The normalized spacial score (nSPS) is 35.9. The van der Waals surface area contributed by atoms with Gasteiger partial charge in [-0.15, -0.1) is 11.3 Å². The van der Waals surface area contributed by atoms with Crippen LogP contribution in [-0.2, 0) is 33.3 Å². The number of cyclic esters (lactones) is 1. The molecule has 6 rings (SSSR count). The third-order valence-electron chi connectivity index (χ3n) is 12.8. The molecular formula is C45H61N5O10S. The van der Waals surface area contributed by atoms with E-state index in [0.717, 1.165) is 5.71 Å². The molecule has 3 fully saturated rings. The molecule has 0 radical (unpaired) electrons. The van der Waals surface area contributed by atoms with Crippen LogP contribution in [0, 0.1) is 35.5 Å². The molecule has 0 spiro atoms. The van der Waals surface area contributed by atoms with Gasteiger partial charge < -0.3 is 39.0 Å². The van der Waals surface area contributed by atoms with Gasteiger partial charge in [0, 0.05) is 36.3 Å². The Morgan fingerprint density at radius 1 is 1.11 bits per heavy atom. The van der Waals surface area contributed by atoms with Crippen molar-refractivity contribution in [2.45, 2.75) is 129 Å². The van der Waals surface area contributed by atoms with E-state index in [-0.39, 0.29) is 42.9 Å². The molecule has 6 heterocycles. The van der Waals surface area contributed by atoms with Gasteiger partial charge in [-0.25, -0.2) is 4.79 Å². The lowest BCUT2D eigenvalue weighted by Gasteiger charge is -2.47. The number of anilines is 1. The van der Waals surface area contributed by atoms with Crippen molar-refractivity contribution in [3.8, 4) is 11.8 Å². The summed E-state index contributed by atoms with van der Waals surface area (Å²) in [5.74, 6) is 1.94. The van der Waals surface area contributed by atoms with Crippen molar-refractivity contribution < 1.29 is 48.0 Å². The first-order chi connectivity index (χ1) is 28.9. The van der Waals surface area contributed by atoms with E-state index in [1.807, 2.05) is 53.6 Å². The van der Waals surface area contributed by atoms with Crippen molar-refractivity contribution in [2.75, 3.05) is 39.1 Å². The molecule has 4 aliphatic rings. The van der Waals surface area contributed by atoms with E-state index in [1.54, 1.807) is 55.4 Å². The van der Waals surface area contributed by atoms with Crippen LogP contribution in [0.1, 0.15) is 89.2 Å². The summed E-state index contributed by atoms with van der Waals surface area (Å²) in [6, 6.07) is 6.14. The lowest BCUT2D eigenvalue weighted by Crippen LogP contribution is -2.60. The number of nitrogens with zero attached hydrogens (tertiary/aromatic N) is 4. The topological polar surface area (TPSA) is 178 Å². The van der Waals surface area contributed by atoms with E-state index in [2.05, 4.69) is 22.1 Å². The number of esters is 1. The van der Waals surface area contributed by atoms with Crippen molar-refractivity contribution in [3.63, 3.8) is 0 Å². The van der Waals surface area contributed by atoms with Gasteiger partial charge >= 0.3 is 12.1 Å². The van der Waals surface area contributed by atoms with Gasteiger partial charge in [0.25, 0.3) is 5.91 Å². The lowest BCUT2D eigenvalue weighted by atomic mass is 9.73. The third kappa shape index (κ3) is 9.72. The maximum Gasteiger partial charge on any atom is 0.410 e. The highest BCUT2D eigenvalue weighted by Gasteiger charge is 2.60. The summed E-state index contributed by atoms with van der Waals surface area (Å²) in [6.07, 6.45) is -0.519. The van der Waals surface area contributed by atoms with Crippen LogP contribution in [0.2, 0.25) is 0 Å². The summed E-state index contributed by atoms with van der Waals surface area (Å²) >= 11 is 1.23. The minimum Gasteiger partial charge on any atom is -0.458 e. The predicted molar refractivity (Wildman–Crippen MR) is 229 cm³/mol. The first kappa shape index (κ1) is 46.3. The number of amides is 2. The minimum absolute atomic E-state index is 0.0987. The molecule has 2 N–H and O–H groups in total. The predicted octanol–water partition coefficient (Wildman–Crippen LogP) is 5.21.